The van der Waals surface area contributed by atoms with Crippen LogP contribution in [0.3, 0.4) is 0 Å². The van der Waals surface area contributed by atoms with Gasteiger partial charge >= 0.3 is 0 Å². The molecular formula is C23H25N5O. The number of aromatic hydroxyl groups is 1. The first-order valence-electron chi connectivity index (χ1n) is 9.63. The molecule has 4 aromatic rings. The second-order valence-corrected chi connectivity index (χ2v) is 7.42. The Hall–Kier alpha value is -3.38. The van der Waals surface area contributed by atoms with E-state index in [1.807, 2.05) is 31.2 Å². The van der Waals surface area contributed by atoms with Gasteiger partial charge in [0.05, 0.1) is 17.6 Å². The lowest BCUT2D eigenvalue weighted by Crippen LogP contribution is -2.07. The quantitative estimate of drug-likeness (QED) is 0.475. The summed E-state index contributed by atoms with van der Waals surface area (Å²) in [7, 11) is 0. The highest BCUT2D eigenvalue weighted by Gasteiger charge is 2.16. The van der Waals surface area contributed by atoms with Gasteiger partial charge < -0.3 is 20.7 Å². The number of rotatable bonds is 5. The molecule has 0 amide bonds. The molecule has 148 valence electrons. The zero-order valence-electron chi connectivity index (χ0n) is 16.9. The molecule has 4 rings (SSSR count). The van der Waals surface area contributed by atoms with E-state index in [2.05, 4.69) is 40.8 Å². The molecule has 0 fully saturated rings. The van der Waals surface area contributed by atoms with Crippen molar-refractivity contribution in [1.29, 1.82) is 0 Å². The van der Waals surface area contributed by atoms with Crippen LogP contribution < -0.4 is 11.1 Å². The Morgan fingerprint density at radius 1 is 1.00 bits per heavy atom. The van der Waals surface area contributed by atoms with Gasteiger partial charge in [0, 0.05) is 17.9 Å². The zero-order chi connectivity index (χ0) is 20.5. The van der Waals surface area contributed by atoms with E-state index in [1.54, 1.807) is 12.1 Å². The Morgan fingerprint density at radius 3 is 2.48 bits per heavy atom. The van der Waals surface area contributed by atoms with Crippen LogP contribution in [-0.2, 0) is 13.1 Å². The van der Waals surface area contributed by atoms with Gasteiger partial charge in [-0.15, -0.1) is 0 Å². The number of aromatic nitrogens is 3. The van der Waals surface area contributed by atoms with Crippen molar-refractivity contribution in [1.82, 2.24) is 14.5 Å². The van der Waals surface area contributed by atoms with Crippen LogP contribution in [0.1, 0.15) is 28.1 Å². The van der Waals surface area contributed by atoms with Gasteiger partial charge in [-0.25, -0.2) is 4.98 Å². The van der Waals surface area contributed by atoms with E-state index in [9.17, 15) is 5.11 Å². The minimum absolute atomic E-state index is 0.181. The van der Waals surface area contributed by atoms with Gasteiger partial charge in [-0.05, 0) is 67.8 Å². The molecule has 0 atom stereocenters. The monoisotopic (exact) mass is 387 g/mol. The van der Waals surface area contributed by atoms with Crippen LogP contribution in [0.15, 0.2) is 48.5 Å². The lowest BCUT2D eigenvalue weighted by molar-refractivity contribution is 0.461. The van der Waals surface area contributed by atoms with Crippen LogP contribution in [0.25, 0.3) is 11.0 Å². The van der Waals surface area contributed by atoms with E-state index in [0.717, 1.165) is 39.1 Å². The molecule has 0 aliphatic carbocycles. The highest BCUT2D eigenvalue weighted by molar-refractivity contribution is 5.83. The zero-order valence-corrected chi connectivity index (χ0v) is 16.9. The average Bonchev–Trinajstić information content (AvgIpc) is 3.03. The van der Waals surface area contributed by atoms with Crippen molar-refractivity contribution in [3.05, 3.63) is 76.6 Å². The summed E-state index contributed by atoms with van der Waals surface area (Å²) in [5.41, 5.74) is 13.4. The van der Waals surface area contributed by atoms with Gasteiger partial charge in [0.2, 0.25) is 5.95 Å². The van der Waals surface area contributed by atoms with E-state index in [-0.39, 0.29) is 5.75 Å². The van der Waals surface area contributed by atoms with Gasteiger partial charge in [-0.3, -0.25) is 4.98 Å². The summed E-state index contributed by atoms with van der Waals surface area (Å²) in [6, 6.07) is 15.7. The van der Waals surface area contributed by atoms with Crippen molar-refractivity contribution < 1.29 is 5.11 Å². The first-order valence-corrected chi connectivity index (χ1v) is 9.63. The summed E-state index contributed by atoms with van der Waals surface area (Å²) in [6.45, 7) is 6.98. The number of nitrogens with two attached hydrogens (primary N) is 1. The van der Waals surface area contributed by atoms with Gasteiger partial charge in [-0.2, -0.15) is 0 Å². The first-order chi connectivity index (χ1) is 13.9. The average molecular weight is 387 g/mol. The van der Waals surface area contributed by atoms with Gasteiger partial charge in [0.25, 0.3) is 0 Å². The molecule has 2 heterocycles. The van der Waals surface area contributed by atoms with Gasteiger partial charge in [0.1, 0.15) is 11.4 Å². The molecule has 0 spiro atoms. The van der Waals surface area contributed by atoms with E-state index >= 15 is 0 Å². The van der Waals surface area contributed by atoms with Crippen LogP contribution >= 0.6 is 0 Å². The molecule has 0 unspecified atom stereocenters. The van der Waals surface area contributed by atoms with Crippen LogP contribution in [-0.4, -0.2) is 19.6 Å². The summed E-state index contributed by atoms with van der Waals surface area (Å²) in [6.07, 6.45) is 0. The van der Waals surface area contributed by atoms with Crippen molar-refractivity contribution in [2.45, 2.75) is 33.9 Å². The molecular weight excluding hydrogens is 362 g/mol. The fourth-order valence-corrected chi connectivity index (χ4v) is 3.55. The second kappa shape index (κ2) is 7.56. The third kappa shape index (κ3) is 3.79. The normalized spacial score (nSPS) is 11.2. The lowest BCUT2D eigenvalue weighted by Gasteiger charge is -2.12. The van der Waals surface area contributed by atoms with E-state index in [4.69, 9.17) is 10.7 Å². The SMILES string of the molecule is Cc1cc(C)c2nc(Nc3ccc(CN)cc3)n(Cc3nc(C)ccc3O)c2c1. The molecule has 2 aromatic heterocycles. The fourth-order valence-electron chi connectivity index (χ4n) is 3.55. The number of nitrogens with one attached hydrogen (secondary N) is 1. The summed E-state index contributed by atoms with van der Waals surface area (Å²) in [5, 5.41) is 13.7. The maximum Gasteiger partial charge on any atom is 0.208 e. The summed E-state index contributed by atoms with van der Waals surface area (Å²) >= 11 is 0. The maximum absolute atomic E-state index is 10.3. The fraction of sp³-hybridized carbons (Fsp3) is 0.217. The Balaban J connectivity index is 1.82. The van der Waals surface area contributed by atoms with Crippen LogP contribution in [0, 0.1) is 20.8 Å². The number of imidazole rings is 1. The van der Waals surface area contributed by atoms with Crippen molar-refractivity contribution >= 4 is 22.7 Å². The molecule has 0 radical (unpaired) electrons. The lowest BCUT2D eigenvalue weighted by atomic mass is 10.1. The molecule has 29 heavy (non-hydrogen) atoms. The number of aryl methyl sites for hydroxylation is 3. The van der Waals surface area contributed by atoms with Crippen molar-refractivity contribution in [3.8, 4) is 5.75 Å². The van der Waals surface area contributed by atoms with Crippen LogP contribution in [0.4, 0.5) is 11.6 Å². The molecule has 0 bridgehead atoms. The minimum atomic E-state index is 0.181. The molecule has 4 N–H and O–H groups in total. The number of nitrogens with zero attached hydrogens (tertiary/aromatic N) is 3. The van der Waals surface area contributed by atoms with Gasteiger partial charge in [0.15, 0.2) is 0 Å². The molecule has 0 aliphatic heterocycles. The molecule has 0 aliphatic rings. The van der Waals surface area contributed by atoms with Crippen LogP contribution in [0.2, 0.25) is 0 Å². The highest BCUT2D eigenvalue weighted by Crippen LogP contribution is 2.28. The summed E-state index contributed by atoms with van der Waals surface area (Å²) in [5.74, 6) is 0.886. The standard InChI is InChI=1S/C23H25N5O/c1-14-10-15(2)22-20(11-14)28(13-19-21(29)9-4-16(3)25-19)23(27-22)26-18-7-5-17(12-24)6-8-18/h4-11,29H,12-13,24H2,1-3H3,(H,26,27). The predicted molar refractivity (Wildman–Crippen MR) is 117 cm³/mol. The number of pyridine rings is 1. The number of hydrogen-bond acceptors (Lipinski definition) is 5. The van der Waals surface area contributed by atoms with Crippen molar-refractivity contribution in [2.75, 3.05) is 5.32 Å². The highest BCUT2D eigenvalue weighted by atomic mass is 16.3. The van der Waals surface area contributed by atoms with E-state index in [0.29, 0.717) is 24.7 Å². The summed E-state index contributed by atoms with van der Waals surface area (Å²) in [4.78, 5) is 9.39. The largest absolute Gasteiger partial charge is 0.506 e. The van der Waals surface area contributed by atoms with Crippen LogP contribution in [0.5, 0.6) is 5.75 Å². The Bertz CT molecular complexity index is 1180. The van der Waals surface area contributed by atoms with E-state index < -0.39 is 0 Å². The Kier molecular flexibility index (Phi) is 4.94. The second-order valence-electron chi connectivity index (χ2n) is 7.42. The Labute approximate surface area is 170 Å². The number of fused-ring (bicyclic) bond motifs is 1. The number of hydrogen-bond donors (Lipinski definition) is 3. The molecule has 6 nitrogen and oxygen atoms in total. The first kappa shape index (κ1) is 19.0. The minimum Gasteiger partial charge on any atom is -0.506 e. The number of benzene rings is 2. The smallest absolute Gasteiger partial charge is 0.208 e. The molecule has 0 saturated heterocycles. The molecule has 6 heteroatoms. The topological polar surface area (TPSA) is 89.0 Å². The maximum atomic E-state index is 10.3. The third-order valence-electron chi connectivity index (χ3n) is 5.03. The molecule has 0 saturated carbocycles. The third-order valence-corrected chi connectivity index (χ3v) is 5.03. The predicted octanol–water partition coefficient (Wildman–Crippen LogP) is 4.31. The van der Waals surface area contributed by atoms with Gasteiger partial charge in [-0.1, -0.05) is 18.2 Å². The Morgan fingerprint density at radius 2 is 1.76 bits per heavy atom. The van der Waals surface area contributed by atoms with Crippen molar-refractivity contribution in [3.63, 3.8) is 0 Å². The molecule has 2 aromatic carbocycles. The van der Waals surface area contributed by atoms with Crippen molar-refractivity contribution in [2.24, 2.45) is 5.73 Å². The van der Waals surface area contributed by atoms with E-state index in [1.165, 1.54) is 0 Å². The number of anilines is 2. The summed E-state index contributed by atoms with van der Waals surface area (Å²) < 4.78 is 2.06.